The third-order valence-corrected chi connectivity index (χ3v) is 6.11. The number of unbranched alkanes of at least 4 members (excludes halogenated alkanes) is 1. The predicted octanol–water partition coefficient (Wildman–Crippen LogP) is 6.01. The topological polar surface area (TPSA) is 164 Å². The highest BCUT2D eigenvalue weighted by atomic mass is 16.6. The summed E-state index contributed by atoms with van der Waals surface area (Å²) in [5.74, 6) is 0.411. The van der Waals surface area contributed by atoms with E-state index in [0.717, 1.165) is 31.2 Å². The van der Waals surface area contributed by atoms with Crippen molar-refractivity contribution in [3.63, 3.8) is 0 Å². The molecule has 0 radical (unpaired) electrons. The van der Waals surface area contributed by atoms with Crippen molar-refractivity contribution >= 4 is 29.1 Å². The number of urea groups is 2. The summed E-state index contributed by atoms with van der Waals surface area (Å²) in [7, 11) is 0. The summed E-state index contributed by atoms with van der Waals surface area (Å²) >= 11 is 0. The van der Waals surface area contributed by atoms with Crippen LogP contribution in [-0.4, -0.2) is 29.7 Å². The van der Waals surface area contributed by atoms with Gasteiger partial charge in [0.15, 0.2) is 0 Å². The zero-order valence-electron chi connectivity index (χ0n) is 21.6. The number of carbonyl (C=O) groups is 2. The second-order valence-electron chi connectivity index (χ2n) is 9.03. The van der Waals surface area contributed by atoms with Gasteiger partial charge >= 0.3 is 12.1 Å². The molecule has 37 heavy (non-hydrogen) atoms. The molecule has 0 fully saturated rings. The Hall–Kier alpha value is -4.02. The number of benzene rings is 2. The fraction of sp³-hybridized carbons (Fsp3) is 0.462. The van der Waals surface area contributed by atoms with Crippen molar-refractivity contribution in [3.05, 3.63) is 64.2 Å². The Labute approximate surface area is 217 Å². The van der Waals surface area contributed by atoms with E-state index in [1.54, 1.807) is 12.1 Å². The molecule has 5 N–H and O–H groups in total. The number of primary amides is 1. The zero-order valence-corrected chi connectivity index (χ0v) is 21.6. The minimum absolute atomic E-state index is 0.00856. The number of rotatable bonds is 14. The largest absolute Gasteiger partial charge is 0.352 e. The van der Waals surface area contributed by atoms with Gasteiger partial charge < -0.3 is 21.7 Å². The number of carbonyl (C=O) groups excluding carboxylic acids is 2. The van der Waals surface area contributed by atoms with Crippen molar-refractivity contribution in [1.29, 1.82) is 0 Å². The maximum absolute atomic E-state index is 12.5. The molecule has 3 unspecified atom stereocenters. The average Bonchev–Trinajstić information content (AvgIpc) is 2.87. The van der Waals surface area contributed by atoms with E-state index in [2.05, 4.69) is 40.0 Å². The Morgan fingerprint density at radius 1 is 1.00 bits per heavy atom. The number of non-ortho nitro benzene ring substituents is 1. The number of hydrogen-bond acceptors (Lipinski definition) is 6. The van der Waals surface area contributed by atoms with Crippen LogP contribution in [-0.2, 0) is 0 Å². The van der Waals surface area contributed by atoms with E-state index >= 15 is 0 Å². The van der Waals surface area contributed by atoms with Crippen molar-refractivity contribution in [2.45, 2.75) is 65.0 Å². The minimum atomic E-state index is -0.714. The molecule has 0 aliphatic heterocycles. The third-order valence-electron chi connectivity index (χ3n) is 6.11. The summed E-state index contributed by atoms with van der Waals surface area (Å²) in [5, 5.41) is 27.3. The fourth-order valence-electron chi connectivity index (χ4n) is 3.83. The lowest BCUT2D eigenvalue weighted by Crippen LogP contribution is -2.53. The molecule has 11 heteroatoms. The Morgan fingerprint density at radius 2 is 1.59 bits per heavy atom. The molecule has 2 aromatic carbocycles. The molecule has 11 nitrogen and oxygen atoms in total. The Kier molecular flexibility index (Phi) is 12.0. The van der Waals surface area contributed by atoms with E-state index in [-0.39, 0.29) is 17.6 Å². The molecule has 0 saturated carbocycles. The highest BCUT2D eigenvalue weighted by molar-refractivity contribution is 5.76. The predicted molar refractivity (Wildman–Crippen MR) is 143 cm³/mol. The number of amides is 4. The van der Waals surface area contributed by atoms with Crippen molar-refractivity contribution in [1.82, 2.24) is 16.0 Å². The fourth-order valence-corrected chi connectivity index (χ4v) is 3.83. The lowest BCUT2D eigenvalue weighted by atomic mass is 9.96. The van der Waals surface area contributed by atoms with E-state index in [1.165, 1.54) is 24.3 Å². The quantitative estimate of drug-likeness (QED) is 0.106. The molecule has 0 aromatic heterocycles. The first-order valence-electron chi connectivity index (χ1n) is 12.6. The molecule has 0 saturated heterocycles. The smallest absolute Gasteiger partial charge is 0.316 e. The van der Waals surface area contributed by atoms with E-state index < -0.39 is 17.1 Å². The molecule has 0 aliphatic carbocycles. The number of nitrogens with one attached hydrogen (secondary N) is 3. The highest BCUT2D eigenvalue weighted by Gasteiger charge is 2.19. The molecule has 0 heterocycles. The van der Waals surface area contributed by atoms with Gasteiger partial charge in [-0.05, 0) is 54.5 Å². The van der Waals surface area contributed by atoms with Crippen LogP contribution in [0.25, 0.3) is 0 Å². The van der Waals surface area contributed by atoms with Gasteiger partial charge in [0, 0.05) is 18.7 Å². The summed E-state index contributed by atoms with van der Waals surface area (Å²) in [6.07, 6.45) is 4.11. The van der Waals surface area contributed by atoms with Gasteiger partial charge in [-0.15, -0.1) is 0 Å². The van der Waals surface area contributed by atoms with Gasteiger partial charge in [0.1, 0.15) is 6.17 Å². The normalized spacial score (nSPS) is 13.5. The summed E-state index contributed by atoms with van der Waals surface area (Å²) < 4.78 is 0. The van der Waals surface area contributed by atoms with Crippen LogP contribution in [0.4, 0.5) is 26.7 Å². The first kappa shape index (κ1) is 29.2. The number of nitrogens with zero attached hydrogens (tertiary/aromatic N) is 3. The van der Waals surface area contributed by atoms with Crippen LogP contribution in [0.2, 0.25) is 0 Å². The van der Waals surface area contributed by atoms with Crippen LogP contribution >= 0.6 is 0 Å². The Bertz CT molecular complexity index is 1040. The average molecular weight is 512 g/mol. The van der Waals surface area contributed by atoms with Crippen molar-refractivity contribution in [2.75, 3.05) is 6.54 Å². The molecule has 3 atom stereocenters. The van der Waals surface area contributed by atoms with Gasteiger partial charge in [0.05, 0.1) is 16.3 Å². The van der Waals surface area contributed by atoms with Crippen molar-refractivity contribution in [2.24, 2.45) is 21.9 Å². The maximum atomic E-state index is 12.5. The standard InChI is InChI=1S/C26H37N7O4/c1-4-6-7-19(5-2)17-28-26(35)30-24(29-25(27)34)16-18(3)20-8-10-21(11-9-20)31-32-22-12-14-23(15-13-22)33(36)37/h8-15,18-19,24H,4-7,16-17H2,1-3H3,(H3,27,29,34)(H2,28,30,35). The number of nitro benzene ring substituents is 1. The number of nitro groups is 1. The minimum Gasteiger partial charge on any atom is -0.352 e. The van der Waals surface area contributed by atoms with Gasteiger partial charge in [0.2, 0.25) is 0 Å². The molecule has 0 spiro atoms. The number of nitrogens with two attached hydrogens (primary N) is 1. The molecular formula is C26H37N7O4. The van der Waals surface area contributed by atoms with Crippen molar-refractivity contribution < 1.29 is 14.5 Å². The zero-order chi connectivity index (χ0) is 27.2. The molecule has 200 valence electrons. The number of azo groups is 1. The SMILES string of the molecule is CCCCC(CC)CNC(=O)NC(CC(C)c1ccc(N=Nc2ccc([N+](=O)[O-])cc2)cc1)NC(N)=O. The molecule has 0 bridgehead atoms. The summed E-state index contributed by atoms with van der Waals surface area (Å²) in [6.45, 7) is 6.83. The van der Waals surface area contributed by atoms with Gasteiger partial charge in [-0.3, -0.25) is 10.1 Å². The lowest BCUT2D eigenvalue weighted by Gasteiger charge is -2.24. The van der Waals surface area contributed by atoms with Gasteiger partial charge in [-0.25, -0.2) is 9.59 Å². The van der Waals surface area contributed by atoms with Gasteiger partial charge in [0.25, 0.3) is 5.69 Å². The molecule has 0 aliphatic rings. The summed E-state index contributed by atoms with van der Waals surface area (Å²) in [6, 6.07) is 12.2. The summed E-state index contributed by atoms with van der Waals surface area (Å²) in [4.78, 5) is 34.2. The van der Waals surface area contributed by atoms with E-state index in [1.807, 2.05) is 19.1 Å². The second kappa shape index (κ2) is 15.2. The first-order valence-corrected chi connectivity index (χ1v) is 12.6. The first-order chi connectivity index (χ1) is 17.7. The Morgan fingerprint density at radius 3 is 2.11 bits per heavy atom. The second-order valence-corrected chi connectivity index (χ2v) is 9.03. The van der Waals surface area contributed by atoms with Crippen molar-refractivity contribution in [3.8, 4) is 0 Å². The van der Waals surface area contributed by atoms with Gasteiger partial charge in [-0.1, -0.05) is 52.2 Å². The molecule has 2 rings (SSSR count). The van der Waals surface area contributed by atoms with Crippen LogP contribution in [0, 0.1) is 16.0 Å². The van der Waals surface area contributed by atoms with Crippen LogP contribution < -0.4 is 21.7 Å². The molecule has 4 amide bonds. The highest BCUT2D eigenvalue weighted by Crippen LogP contribution is 2.25. The lowest BCUT2D eigenvalue weighted by molar-refractivity contribution is -0.384. The van der Waals surface area contributed by atoms with Crippen LogP contribution in [0.3, 0.4) is 0 Å². The van der Waals surface area contributed by atoms with Crippen LogP contribution in [0.15, 0.2) is 58.8 Å². The molecule has 2 aromatic rings. The van der Waals surface area contributed by atoms with E-state index in [0.29, 0.717) is 30.3 Å². The summed E-state index contributed by atoms with van der Waals surface area (Å²) in [5.41, 5.74) is 7.43. The third kappa shape index (κ3) is 10.6. The number of hydrogen-bond donors (Lipinski definition) is 4. The molecular weight excluding hydrogens is 474 g/mol. The van der Waals surface area contributed by atoms with E-state index in [4.69, 9.17) is 5.73 Å². The maximum Gasteiger partial charge on any atom is 0.316 e. The van der Waals surface area contributed by atoms with Crippen LogP contribution in [0.5, 0.6) is 0 Å². The van der Waals surface area contributed by atoms with E-state index in [9.17, 15) is 19.7 Å². The Balaban J connectivity index is 1.94. The monoisotopic (exact) mass is 511 g/mol. The van der Waals surface area contributed by atoms with Gasteiger partial charge in [-0.2, -0.15) is 10.2 Å². The van der Waals surface area contributed by atoms with Crippen LogP contribution in [0.1, 0.15) is 64.4 Å².